The zero-order chi connectivity index (χ0) is 5.54. The lowest BCUT2D eigenvalue weighted by molar-refractivity contribution is 0.268. The molecule has 0 aromatic carbocycles. The van der Waals surface area contributed by atoms with Crippen LogP contribution in [0.15, 0.2) is 12.3 Å². The number of rotatable bonds is 3. The minimum Gasteiger partial charge on any atom is -0.502 e. The summed E-state index contributed by atoms with van der Waals surface area (Å²) in [4.78, 5) is 0. The van der Waals surface area contributed by atoms with E-state index in [-0.39, 0.29) is 0 Å². The highest BCUT2D eigenvalue weighted by molar-refractivity contribution is 4.73. The van der Waals surface area contributed by atoms with E-state index in [9.17, 15) is 0 Å². The summed E-state index contributed by atoms with van der Waals surface area (Å²) in [6.45, 7) is 6.29. The molecule has 0 aliphatic carbocycles. The maximum absolute atomic E-state index is 4.85. The Bertz CT molecular complexity index is 48.1. The van der Waals surface area contributed by atoms with Gasteiger partial charge in [-0.2, -0.15) is 0 Å². The first-order chi connectivity index (χ1) is 3.41. The summed E-state index contributed by atoms with van der Waals surface area (Å²) in [5.41, 5.74) is 0. The summed E-state index contributed by atoms with van der Waals surface area (Å²) >= 11 is 0. The number of allylic oxidation sites excluding steroid dienone is 1. The van der Waals surface area contributed by atoms with E-state index in [2.05, 4.69) is 6.92 Å². The molecular formula is C6H11O. The van der Waals surface area contributed by atoms with Crippen molar-refractivity contribution in [1.82, 2.24) is 0 Å². The van der Waals surface area contributed by atoms with Crippen LogP contribution < -0.4 is 0 Å². The van der Waals surface area contributed by atoms with Crippen LogP contribution >= 0.6 is 0 Å². The normalized spacial score (nSPS) is 10.0. The SMILES string of the molecule is [CH2]CC=COCC. The van der Waals surface area contributed by atoms with Crippen molar-refractivity contribution in [2.45, 2.75) is 13.3 Å². The van der Waals surface area contributed by atoms with Gasteiger partial charge in [0.1, 0.15) is 0 Å². The van der Waals surface area contributed by atoms with E-state index in [0.29, 0.717) is 0 Å². The Balaban J connectivity index is 2.78. The third kappa shape index (κ3) is 5.54. The molecule has 0 spiro atoms. The molecule has 1 radical (unpaired) electrons. The lowest BCUT2D eigenvalue weighted by atomic mass is 10.5. The standard InChI is InChI=1S/C6H11O/c1-3-5-6-7-4-2/h5-6H,1,3-4H2,2H3. The highest BCUT2D eigenvalue weighted by Gasteiger charge is 1.64. The molecule has 0 aliphatic heterocycles. The first-order valence-corrected chi connectivity index (χ1v) is 2.47. The third-order valence-corrected chi connectivity index (χ3v) is 0.526. The van der Waals surface area contributed by atoms with Gasteiger partial charge in [-0.15, -0.1) is 0 Å². The smallest absolute Gasteiger partial charge is 0.0845 e. The molecule has 0 rings (SSSR count). The van der Waals surface area contributed by atoms with Gasteiger partial charge in [0.25, 0.3) is 0 Å². The maximum Gasteiger partial charge on any atom is 0.0845 e. The fraction of sp³-hybridized carbons (Fsp3) is 0.500. The minimum absolute atomic E-state index is 0.747. The lowest BCUT2D eigenvalue weighted by Crippen LogP contribution is -1.74. The first-order valence-electron chi connectivity index (χ1n) is 2.47. The highest BCUT2D eigenvalue weighted by atomic mass is 16.5. The van der Waals surface area contributed by atoms with Gasteiger partial charge in [-0.3, -0.25) is 0 Å². The van der Waals surface area contributed by atoms with E-state index in [1.54, 1.807) is 6.26 Å². The summed E-state index contributed by atoms with van der Waals surface area (Å²) < 4.78 is 4.85. The van der Waals surface area contributed by atoms with Crippen molar-refractivity contribution in [2.75, 3.05) is 6.61 Å². The Kier molecular flexibility index (Phi) is 5.18. The number of hydrogen-bond acceptors (Lipinski definition) is 1. The molecule has 1 heteroatoms. The van der Waals surface area contributed by atoms with E-state index in [1.807, 2.05) is 13.0 Å². The fourth-order valence-corrected chi connectivity index (χ4v) is 0.232. The average Bonchev–Trinajstić information content (AvgIpc) is 1.69. The Morgan fingerprint density at radius 2 is 2.43 bits per heavy atom. The highest BCUT2D eigenvalue weighted by Crippen LogP contribution is 1.79. The minimum atomic E-state index is 0.747. The van der Waals surface area contributed by atoms with Crippen LogP contribution in [0.1, 0.15) is 13.3 Å². The monoisotopic (exact) mass is 99.1 g/mol. The molecule has 0 N–H and O–H groups in total. The predicted octanol–water partition coefficient (Wildman–Crippen LogP) is 1.76. The van der Waals surface area contributed by atoms with Crippen LogP contribution in [0.25, 0.3) is 0 Å². The molecule has 41 valence electrons. The van der Waals surface area contributed by atoms with Crippen LogP contribution in [0.4, 0.5) is 0 Å². The van der Waals surface area contributed by atoms with Gasteiger partial charge in [0.05, 0.1) is 12.9 Å². The Morgan fingerprint density at radius 3 is 2.86 bits per heavy atom. The lowest BCUT2D eigenvalue weighted by Gasteiger charge is -1.88. The predicted molar refractivity (Wildman–Crippen MR) is 30.7 cm³/mol. The van der Waals surface area contributed by atoms with Crippen molar-refractivity contribution in [3.63, 3.8) is 0 Å². The number of ether oxygens (including phenoxy) is 1. The number of hydrogen-bond donors (Lipinski definition) is 0. The van der Waals surface area contributed by atoms with Crippen LogP contribution in [-0.4, -0.2) is 6.61 Å². The zero-order valence-electron chi connectivity index (χ0n) is 4.68. The van der Waals surface area contributed by atoms with E-state index >= 15 is 0 Å². The molecule has 0 fully saturated rings. The van der Waals surface area contributed by atoms with Crippen molar-refractivity contribution in [2.24, 2.45) is 0 Å². The molecule has 0 heterocycles. The van der Waals surface area contributed by atoms with Crippen LogP contribution in [0.5, 0.6) is 0 Å². The molecule has 0 unspecified atom stereocenters. The Labute approximate surface area is 45.0 Å². The molecule has 0 bridgehead atoms. The van der Waals surface area contributed by atoms with E-state index in [4.69, 9.17) is 4.74 Å². The van der Waals surface area contributed by atoms with Crippen molar-refractivity contribution < 1.29 is 4.74 Å². The van der Waals surface area contributed by atoms with Crippen LogP contribution in [-0.2, 0) is 4.74 Å². The molecule has 0 aromatic heterocycles. The van der Waals surface area contributed by atoms with Gasteiger partial charge in [0.15, 0.2) is 0 Å². The summed E-state index contributed by atoms with van der Waals surface area (Å²) in [5.74, 6) is 0. The molecule has 0 aliphatic rings. The van der Waals surface area contributed by atoms with Crippen molar-refractivity contribution in [3.8, 4) is 0 Å². The van der Waals surface area contributed by atoms with E-state index in [1.165, 1.54) is 0 Å². The van der Waals surface area contributed by atoms with Gasteiger partial charge < -0.3 is 4.74 Å². The molecular weight excluding hydrogens is 88.1 g/mol. The second-order valence-corrected chi connectivity index (χ2v) is 1.12. The maximum atomic E-state index is 4.85. The summed E-state index contributed by atoms with van der Waals surface area (Å²) in [5, 5.41) is 0. The van der Waals surface area contributed by atoms with E-state index in [0.717, 1.165) is 13.0 Å². The van der Waals surface area contributed by atoms with Crippen molar-refractivity contribution >= 4 is 0 Å². The molecule has 0 amide bonds. The second-order valence-electron chi connectivity index (χ2n) is 1.12. The summed E-state index contributed by atoms with van der Waals surface area (Å²) in [6.07, 6.45) is 4.36. The van der Waals surface area contributed by atoms with Gasteiger partial charge in [0, 0.05) is 0 Å². The molecule has 7 heavy (non-hydrogen) atoms. The van der Waals surface area contributed by atoms with Crippen molar-refractivity contribution in [1.29, 1.82) is 0 Å². The van der Waals surface area contributed by atoms with E-state index < -0.39 is 0 Å². The van der Waals surface area contributed by atoms with Crippen LogP contribution in [0.3, 0.4) is 0 Å². The van der Waals surface area contributed by atoms with Gasteiger partial charge >= 0.3 is 0 Å². The largest absolute Gasteiger partial charge is 0.502 e. The second kappa shape index (κ2) is 5.54. The first kappa shape index (κ1) is 6.54. The quantitative estimate of drug-likeness (QED) is 0.490. The zero-order valence-corrected chi connectivity index (χ0v) is 4.68. The van der Waals surface area contributed by atoms with Gasteiger partial charge in [0.2, 0.25) is 0 Å². The van der Waals surface area contributed by atoms with Gasteiger partial charge in [-0.1, -0.05) is 0 Å². The molecule has 0 saturated heterocycles. The molecule has 0 saturated carbocycles. The van der Waals surface area contributed by atoms with Crippen LogP contribution in [0.2, 0.25) is 0 Å². The van der Waals surface area contributed by atoms with Gasteiger partial charge in [-0.25, -0.2) is 0 Å². The Hall–Kier alpha value is -0.460. The average molecular weight is 99.2 g/mol. The van der Waals surface area contributed by atoms with Crippen molar-refractivity contribution in [3.05, 3.63) is 19.3 Å². The van der Waals surface area contributed by atoms with Crippen LogP contribution in [0, 0.1) is 6.92 Å². The topological polar surface area (TPSA) is 9.23 Å². The molecule has 0 aromatic rings. The summed E-state index contributed by atoms with van der Waals surface area (Å²) in [6, 6.07) is 0. The molecule has 0 atom stereocenters. The third-order valence-electron chi connectivity index (χ3n) is 0.526. The van der Waals surface area contributed by atoms with Gasteiger partial charge in [-0.05, 0) is 26.3 Å². The Morgan fingerprint density at radius 1 is 1.71 bits per heavy atom. The molecule has 1 nitrogen and oxygen atoms in total. The summed E-state index contributed by atoms with van der Waals surface area (Å²) in [7, 11) is 0. The fourth-order valence-electron chi connectivity index (χ4n) is 0.232.